The Balaban J connectivity index is 3.07. The molecule has 0 fully saturated rings. The number of hydrogen-bond donors (Lipinski definition) is 0. The molecule has 24 heavy (non-hydrogen) atoms. The Hall–Kier alpha value is -0.440. The molecular weight excluding hydrogens is 288 g/mol. The van der Waals surface area contributed by atoms with Crippen molar-refractivity contribution in [2.45, 2.75) is 142 Å². The second kappa shape index (κ2) is 22.6. The summed E-state index contributed by atoms with van der Waals surface area (Å²) in [6.45, 7) is 4.57. The second-order valence-electron chi connectivity index (χ2n) is 7.51. The molecule has 0 radical (unpaired) electrons. The van der Waals surface area contributed by atoms with Crippen molar-refractivity contribution in [2.24, 2.45) is 0 Å². The molecule has 0 saturated heterocycles. The topological polar surface area (TPSA) is 0 Å². The van der Waals surface area contributed by atoms with Crippen molar-refractivity contribution in [3.05, 3.63) is 0 Å². The number of unbranched alkanes of at least 4 members (excludes halogenated alkanes) is 18. The molecule has 0 unspecified atom stereocenters. The molecule has 0 aromatic heterocycles. The van der Waals surface area contributed by atoms with Crippen LogP contribution in [0.3, 0.4) is 0 Å². The molecule has 0 aliphatic heterocycles. The van der Waals surface area contributed by atoms with Crippen LogP contribution in [0.5, 0.6) is 0 Å². The van der Waals surface area contributed by atoms with Crippen LogP contribution in [0, 0.1) is 11.8 Å². The molecule has 0 N–H and O–H groups in total. The van der Waals surface area contributed by atoms with Gasteiger partial charge in [0.25, 0.3) is 0 Å². The Labute approximate surface area is 154 Å². The largest absolute Gasteiger partial charge is 0.103 e. The van der Waals surface area contributed by atoms with Gasteiger partial charge in [0.1, 0.15) is 0 Å². The van der Waals surface area contributed by atoms with Crippen LogP contribution in [0.15, 0.2) is 0 Å². The molecule has 0 atom stereocenters. The molecule has 0 saturated carbocycles. The maximum atomic E-state index is 3.38. The minimum Gasteiger partial charge on any atom is -0.103 e. The van der Waals surface area contributed by atoms with Gasteiger partial charge in [0.2, 0.25) is 0 Å². The monoisotopic (exact) mass is 334 g/mol. The lowest BCUT2D eigenvalue weighted by Crippen LogP contribution is -1.82. The third kappa shape index (κ3) is 21.6. The van der Waals surface area contributed by atoms with E-state index in [0.717, 1.165) is 12.8 Å². The fourth-order valence-electron chi connectivity index (χ4n) is 3.22. The Kier molecular flexibility index (Phi) is 22.1. The van der Waals surface area contributed by atoms with Crippen molar-refractivity contribution in [1.82, 2.24) is 0 Å². The first-order valence-corrected chi connectivity index (χ1v) is 11.4. The van der Waals surface area contributed by atoms with Crippen LogP contribution < -0.4 is 0 Å². The molecule has 0 aliphatic carbocycles. The quantitative estimate of drug-likeness (QED) is 0.173. The molecule has 142 valence electrons. The molecule has 0 aromatic rings. The summed E-state index contributed by atoms with van der Waals surface area (Å²) in [6, 6.07) is 0. The average Bonchev–Trinajstić information content (AvgIpc) is 2.60. The van der Waals surface area contributed by atoms with Crippen molar-refractivity contribution in [3.8, 4) is 11.8 Å². The summed E-state index contributed by atoms with van der Waals surface area (Å²) in [6.07, 6.45) is 27.7. The van der Waals surface area contributed by atoms with Gasteiger partial charge in [0, 0.05) is 12.8 Å². The highest BCUT2D eigenvalue weighted by Crippen LogP contribution is 2.12. The van der Waals surface area contributed by atoms with E-state index in [1.165, 1.54) is 116 Å². The lowest BCUT2D eigenvalue weighted by Gasteiger charge is -2.01. The smallest absolute Gasteiger partial charge is 0.00886 e. The van der Waals surface area contributed by atoms with Gasteiger partial charge in [-0.3, -0.25) is 0 Å². The van der Waals surface area contributed by atoms with Crippen LogP contribution in [-0.2, 0) is 0 Å². The summed E-state index contributed by atoms with van der Waals surface area (Å²) in [4.78, 5) is 0. The van der Waals surface area contributed by atoms with Gasteiger partial charge in [-0.15, -0.1) is 11.8 Å². The highest BCUT2D eigenvalue weighted by atomic mass is 14.0. The van der Waals surface area contributed by atoms with E-state index in [9.17, 15) is 0 Å². The van der Waals surface area contributed by atoms with Gasteiger partial charge in [-0.2, -0.15) is 0 Å². The van der Waals surface area contributed by atoms with Gasteiger partial charge in [-0.05, 0) is 12.8 Å². The zero-order valence-electron chi connectivity index (χ0n) is 17.1. The first kappa shape index (κ1) is 23.6. The molecule has 0 nitrogen and oxygen atoms in total. The van der Waals surface area contributed by atoms with Crippen molar-refractivity contribution < 1.29 is 0 Å². The van der Waals surface area contributed by atoms with E-state index < -0.39 is 0 Å². The summed E-state index contributed by atoms with van der Waals surface area (Å²) in [5.41, 5.74) is 0. The van der Waals surface area contributed by atoms with Crippen molar-refractivity contribution in [1.29, 1.82) is 0 Å². The highest BCUT2D eigenvalue weighted by molar-refractivity contribution is 4.98. The van der Waals surface area contributed by atoms with Gasteiger partial charge in [0.15, 0.2) is 0 Å². The van der Waals surface area contributed by atoms with Crippen LogP contribution in [0.1, 0.15) is 142 Å². The Morgan fingerprint density at radius 3 is 0.875 bits per heavy atom. The van der Waals surface area contributed by atoms with Crippen molar-refractivity contribution >= 4 is 0 Å². The average molecular weight is 335 g/mol. The predicted molar refractivity (Wildman–Crippen MR) is 111 cm³/mol. The summed E-state index contributed by atoms with van der Waals surface area (Å²) in [5.74, 6) is 6.75. The van der Waals surface area contributed by atoms with Gasteiger partial charge in [-0.25, -0.2) is 0 Å². The molecule has 0 heteroatoms. The Morgan fingerprint density at radius 1 is 0.333 bits per heavy atom. The zero-order chi connectivity index (χ0) is 17.6. The standard InChI is InChI=1S/C24H46/c1-3-5-7-9-11-13-15-17-19-21-23-24-22-20-18-16-14-12-10-8-6-4-2/h3-19,21,23-24H2,1-2H3. The van der Waals surface area contributed by atoms with E-state index in [0.29, 0.717) is 0 Å². The molecule has 0 rings (SSSR count). The minimum atomic E-state index is 1.13. The minimum absolute atomic E-state index is 1.13. The molecular formula is C24H46. The van der Waals surface area contributed by atoms with E-state index in [2.05, 4.69) is 25.7 Å². The van der Waals surface area contributed by atoms with E-state index in [1.54, 1.807) is 0 Å². The maximum absolute atomic E-state index is 3.38. The second-order valence-corrected chi connectivity index (χ2v) is 7.51. The lowest BCUT2D eigenvalue weighted by molar-refractivity contribution is 0.551. The van der Waals surface area contributed by atoms with E-state index >= 15 is 0 Å². The summed E-state index contributed by atoms with van der Waals surface area (Å²) in [7, 11) is 0. The maximum Gasteiger partial charge on any atom is 0.00886 e. The van der Waals surface area contributed by atoms with Crippen LogP contribution in [0.4, 0.5) is 0 Å². The SMILES string of the molecule is CCCCCCCCCC#CCCCCCCCCCCCCC. The van der Waals surface area contributed by atoms with E-state index in [4.69, 9.17) is 0 Å². The number of rotatable bonds is 18. The van der Waals surface area contributed by atoms with Crippen LogP contribution in [-0.4, -0.2) is 0 Å². The van der Waals surface area contributed by atoms with Crippen LogP contribution in [0.2, 0.25) is 0 Å². The van der Waals surface area contributed by atoms with Crippen LogP contribution >= 0.6 is 0 Å². The van der Waals surface area contributed by atoms with Crippen LogP contribution in [0.25, 0.3) is 0 Å². The third-order valence-electron chi connectivity index (χ3n) is 4.94. The van der Waals surface area contributed by atoms with E-state index in [1.807, 2.05) is 0 Å². The molecule has 0 aromatic carbocycles. The summed E-state index contributed by atoms with van der Waals surface area (Å²) < 4.78 is 0. The van der Waals surface area contributed by atoms with Gasteiger partial charge in [0.05, 0.1) is 0 Å². The highest BCUT2D eigenvalue weighted by Gasteiger charge is 1.92. The Bertz CT molecular complexity index is 267. The van der Waals surface area contributed by atoms with E-state index in [-0.39, 0.29) is 0 Å². The van der Waals surface area contributed by atoms with Gasteiger partial charge in [-0.1, -0.05) is 117 Å². The van der Waals surface area contributed by atoms with Gasteiger partial charge < -0.3 is 0 Å². The first-order valence-electron chi connectivity index (χ1n) is 11.4. The third-order valence-corrected chi connectivity index (χ3v) is 4.94. The lowest BCUT2D eigenvalue weighted by atomic mass is 10.1. The molecule has 0 spiro atoms. The predicted octanol–water partition coefficient (Wildman–Crippen LogP) is 8.83. The molecule has 0 bridgehead atoms. The number of hydrogen-bond acceptors (Lipinski definition) is 0. The molecule has 0 amide bonds. The van der Waals surface area contributed by atoms with Crippen molar-refractivity contribution in [3.63, 3.8) is 0 Å². The Morgan fingerprint density at radius 2 is 0.583 bits per heavy atom. The fourth-order valence-corrected chi connectivity index (χ4v) is 3.22. The normalized spacial score (nSPS) is 10.6. The zero-order valence-corrected chi connectivity index (χ0v) is 17.1. The van der Waals surface area contributed by atoms with Crippen molar-refractivity contribution in [2.75, 3.05) is 0 Å². The summed E-state index contributed by atoms with van der Waals surface area (Å²) in [5, 5.41) is 0. The summed E-state index contributed by atoms with van der Waals surface area (Å²) >= 11 is 0. The fraction of sp³-hybridized carbons (Fsp3) is 0.917. The molecule has 0 aliphatic rings. The first-order chi connectivity index (χ1) is 11.9. The van der Waals surface area contributed by atoms with Gasteiger partial charge >= 0.3 is 0 Å². The molecule has 0 heterocycles.